The van der Waals surface area contributed by atoms with Crippen molar-refractivity contribution in [2.75, 3.05) is 37.8 Å². The number of carbonyl (C=O) groups is 3. The summed E-state index contributed by atoms with van der Waals surface area (Å²) in [5.74, 6) is 1.52. The van der Waals surface area contributed by atoms with Gasteiger partial charge in [0, 0.05) is 30.4 Å². The van der Waals surface area contributed by atoms with Crippen molar-refractivity contribution >= 4 is 23.9 Å². The summed E-state index contributed by atoms with van der Waals surface area (Å²) < 4.78 is 17.6. The lowest BCUT2D eigenvalue weighted by molar-refractivity contribution is -0.107. The number of carbonyl (C=O) groups excluding carboxylic acids is 3. The predicted octanol–water partition coefficient (Wildman–Crippen LogP) is 3.81. The highest BCUT2D eigenvalue weighted by Crippen LogP contribution is 2.50. The topological polar surface area (TPSA) is 85.4 Å². The lowest BCUT2D eigenvalue weighted by Crippen LogP contribution is -2.35. The van der Waals surface area contributed by atoms with Crippen LogP contribution < -0.4 is 19.1 Å². The Labute approximate surface area is 214 Å². The highest BCUT2D eigenvalue weighted by Gasteiger charge is 2.42. The first-order valence-corrected chi connectivity index (χ1v) is 12.3. The molecule has 0 bridgehead atoms. The van der Waals surface area contributed by atoms with Crippen LogP contribution in [0.3, 0.4) is 0 Å². The molecule has 0 radical (unpaired) electrons. The summed E-state index contributed by atoms with van der Waals surface area (Å²) in [6.45, 7) is 4.07. The third-order valence-corrected chi connectivity index (χ3v) is 7.35. The summed E-state index contributed by atoms with van der Waals surface area (Å²) >= 11 is 0. The van der Waals surface area contributed by atoms with Crippen LogP contribution in [0.5, 0.6) is 17.2 Å². The number of imide groups is 1. The Hall–Kier alpha value is -4.33. The van der Waals surface area contributed by atoms with Gasteiger partial charge in [-0.1, -0.05) is 30.3 Å². The van der Waals surface area contributed by atoms with Gasteiger partial charge in [0.05, 0.1) is 16.5 Å². The van der Waals surface area contributed by atoms with Crippen molar-refractivity contribution < 1.29 is 28.6 Å². The molecule has 0 aromatic heterocycles. The third-order valence-electron chi connectivity index (χ3n) is 7.35. The summed E-state index contributed by atoms with van der Waals surface area (Å²) in [5, 5.41) is 0. The van der Waals surface area contributed by atoms with E-state index in [1.165, 1.54) is 4.90 Å². The van der Waals surface area contributed by atoms with Gasteiger partial charge in [0.15, 0.2) is 11.5 Å². The quantitative estimate of drug-likeness (QED) is 0.364. The molecule has 3 aliphatic heterocycles. The molecule has 188 valence electrons. The number of para-hydroxylation sites is 1. The maximum atomic E-state index is 12.7. The zero-order valence-corrected chi connectivity index (χ0v) is 20.4. The van der Waals surface area contributed by atoms with Gasteiger partial charge in [-0.3, -0.25) is 19.3 Å². The molecule has 1 atom stereocenters. The summed E-state index contributed by atoms with van der Waals surface area (Å²) in [4.78, 5) is 40.6. The SMILES string of the molecule is CC1(c2ccccc2N(C=O)CCCN2C(=O)c3ccccc3C2=O)COc2cc3c(cc21)OCCO3. The second-order valence-electron chi connectivity index (χ2n) is 9.59. The monoisotopic (exact) mass is 498 g/mol. The lowest BCUT2D eigenvalue weighted by atomic mass is 9.77. The van der Waals surface area contributed by atoms with Crippen LogP contribution in [0.1, 0.15) is 45.2 Å². The first-order valence-electron chi connectivity index (χ1n) is 12.3. The predicted molar refractivity (Wildman–Crippen MR) is 136 cm³/mol. The van der Waals surface area contributed by atoms with Crippen LogP contribution in [0.4, 0.5) is 5.69 Å². The van der Waals surface area contributed by atoms with E-state index in [4.69, 9.17) is 14.2 Å². The van der Waals surface area contributed by atoms with Gasteiger partial charge in [-0.25, -0.2) is 0 Å². The maximum absolute atomic E-state index is 12.7. The highest BCUT2D eigenvalue weighted by atomic mass is 16.6. The minimum Gasteiger partial charge on any atom is -0.492 e. The van der Waals surface area contributed by atoms with Gasteiger partial charge < -0.3 is 19.1 Å². The molecule has 3 heterocycles. The van der Waals surface area contributed by atoms with Gasteiger partial charge >= 0.3 is 0 Å². The molecule has 8 heteroatoms. The molecule has 37 heavy (non-hydrogen) atoms. The Balaban J connectivity index is 1.24. The fourth-order valence-corrected chi connectivity index (χ4v) is 5.41. The molecule has 0 aliphatic carbocycles. The van der Waals surface area contributed by atoms with E-state index in [0.29, 0.717) is 55.4 Å². The van der Waals surface area contributed by atoms with E-state index >= 15 is 0 Å². The minimum atomic E-state index is -0.522. The second kappa shape index (κ2) is 8.96. The molecule has 3 amide bonds. The Morgan fingerprint density at radius 1 is 0.865 bits per heavy atom. The number of anilines is 1. The second-order valence-corrected chi connectivity index (χ2v) is 9.59. The van der Waals surface area contributed by atoms with Crippen molar-refractivity contribution in [2.45, 2.75) is 18.8 Å². The van der Waals surface area contributed by atoms with Crippen molar-refractivity contribution in [2.24, 2.45) is 0 Å². The number of hydrogen-bond donors (Lipinski definition) is 0. The van der Waals surface area contributed by atoms with Crippen LogP contribution in [0.25, 0.3) is 0 Å². The summed E-state index contributed by atoms with van der Waals surface area (Å²) in [7, 11) is 0. The van der Waals surface area contributed by atoms with Crippen molar-refractivity contribution in [3.63, 3.8) is 0 Å². The van der Waals surface area contributed by atoms with Crippen molar-refractivity contribution in [3.8, 4) is 17.2 Å². The number of rotatable bonds is 7. The van der Waals surface area contributed by atoms with Crippen LogP contribution in [-0.2, 0) is 10.2 Å². The molecule has 8 nitrogen and oxygen atoms in total. The van der Waals surface area contributed by atoms with Gasteiger partial charge in [-0.2, -0.15) is 0 Å². The van der Waals surface area contributed by atoms with Crippen LogP contribution in [-0.4, -0.2) is 56.0 Å². The lowest BCUT2D eigenvalue weighted by Gasteiger charge is -2.30. The van der Waals surface area contributed by atoms with Gasteiger partial charge in [0.1, 0.15) is 25.6 Å². The number of nitrogens with zero attached hydrogens (tertiary/aromatic N) is 2. The van der Waals surface area contributed by atoms with E-state index in [-0.39, 0.29) is 18.4 Å². The molecule has 0 fully saturated rings. The van der Waals surface area contributed by atoms with Crippen LogP contribution in [0, 0.1) is 0 Å². The number of hydrogen-bond acceptors (Lipinski definition) is 6. The summed E-state index contributed by atoms with van der Waals surface area (Å²) in [6, 6.07) is 18.4. The standard InChI is InChI=1S/C29H26N2O6/c1-29(17-37-24-16-26-25(15-22(24)29)35-13-14-36-26)21-9-4-5-10-23(21)30(18-32)11-6-12-31-27(33)19-7-2-3-8-20(19)28(31)34/h2-5,7-10,15-16,18H,6,11-14,17H2,1H3. The van der Waals surface area contributed by atoms with Gasteiger partial charge in [0.25, 0.3) is 11.8 Å². The van der Waals surface area contributed by atoms with Gasteiger partial charge in [0.2, 0.25) is 6.41 Å². The fraction of sp³-hybridized carbons (Fsp3) is 0.276. The number of ether oxygens (including phenoxy) is 3. The molecular weight excluding hydrogens is 472 g/mol. The molecule has 3 aromatic carbocycles. The molecule has 1 unspecified atom stereocenters. The van der Waals surface area contributed by atoms with E-state index < -0.39 is 5.41 Å². The smallest absolute Gasteiger partial charge is 0.261 e. The minimum absolute atomic E-state index is 0.228. The first-order chi connectivity index (χ1) is 18.0. The normalized spacial score (nSPS) is 19.3. The molecule has 3 aliphatic rings. The fourth-order valence-electron chi connectivity index (χ4n) is 5.41. The first kappa shape index (κ1) is 23.1. The Kier molecular flexibility index (Phi) is 5.59. The molecule has 0 saturated carbocycles. The van der Waals surface area contributed by atoms with Crippen molar-refractivity contribution in [3.05, 3.63) is 82.9 Å². The maximum Gasteiger partial charge on any atom is 0.261 e. The summed E-state index contributed by atoms with van der Waals surface area (Å²) in [5.41, 5.74) is 3.00. The van der Waals surface area contributed by atoms with Crippen LogP contribution >= 0.6 is 0 Å². The molecule has 0 saturated heterocycles. The molecule has 3 aromatic rings. The van der Waals surface area contributed by atoms with E-state index in [1.54, 1.807) is 29.2 Å². The number of amides is 3. The average molecular weight is 499 g/mol. The highest BCUT2D eigenvalue weighted by molar-refractivity contribution is 6.21. The van der Waals surface area contributed by atoms with Gasteiger partial charge in [-0.15, -0.1) is 0 Å². The van der Waals surface area contributed by atoms with Crippen LogP contribution in [0.2, 0.25) is 0 Å². The molecule has 0 N–H and O–H groups in total. The molecule has 0 spiro atoms. The van der Waals surface area contributed by atoms with Crippen LogP contribution in [0.15, 0.2) is 60.7 Å². The largest absolute Gasteiger partial charge is 0.492 e. The Morgan fingerprint density at radius 3 is 2.22 bits per heavy atom. The molecular formula is C29H26N2O6. The zero-order chi connectivity index (χ0) is 25.6. The van der Waals surface area contributed by atoms with Crippen molar-refractivity contribution in [1.29, 1.82) is 0 Å². The van der Waals surface area contributed by atoms with Crippen molar-refractivity contribution in [1.82, 2.24) is 4.90 Å². The van der Waals surface area contributed by atoms with E-state index in [1.807, 2.05) is 36.4 Å². The van der Waals surface area contributed by atoms with E-state index in [9.17, 15) is 14.4 Å². The third kappa shape index (κ3) is 3.71. The zero-order valence-electron chi connectivity index (χ0n) is 20.4. The van der Waals surface area contributed by atoms with Gasteiger partial charge in [-0.05, 0) is 43.2 Å². The average Bonchev–Trinajstić information content (AvgIpc) is 3.39. The number of fused-ring (bicyclic) bond motifs is 3. The van der Waals surface area contributed by atoms with E-state index in [2.05, 4.69) is 6.92 Å². The Bertz CT molecular complexity index is 1380. The summed E-state index contributed by atoms with van der Waals surface area (Å²) in [6.07, 6.45) is 1.24. The Morgan fingerprint density at radius 2 is 1.51 bits per heavy atom. The van der Waals surface area contributed by atoms with E-state index in [0.717, 1.165) is 29.0 Å². The number of benzene rings is 3. The molecule has 6 rings (SSSR count).